The summed E-state index contributed by atoms with van der Waals surface area (Å²) in [5, 5.41) is 0. The van der Waals surface area contributed by atoms with E-state index in [0.29, 0.717) is 40.9 Å². The quantitative estimate of drug-likeness (QED) is 0.383. The van der Waals surface area contributed by atoms with Gasteiger partial charge in [0.05, 0.1) is 0 Å². The van der Waals surface area contributed by atoms with Gasteiger partial charge < -0.3 is 0 Å². The van der Waals surface area contributed by atoms with Crippen molar-refractivity contribution in [1.29, 1.82) is 0 Å². The number of rotatable bonds is 6. The van der Waals surface area contributed by atoms with Crippen molar-refractivity contribution >= 4 is 0 Å². The second-order valence-electron chi connectivity index (χ2n) is 9.87. The highest BCUT2D eigenvalue weighted by molar-refractivity contribution is 5.65. The lowest BCUT2D eigenvalue weighted by molar-refractivity contribution is 0.132. The molecule has 2 saturated carbocycles. The zero-order valence-corrected chi connectivity index (χ0v) is 19.8. The molecule has 0 bridgehead atoms. The first-order valence-electron chi connectivity index (χ1n) is 12.5. The van der Waals surface area contributed by atoms with Crippen molar-refractivity contribution in [3.63, 3.8) is 0 Å². The third-order valence-corrected chi connectivity index (χ3v) is 7.85. The predicted octanol–water partition coefficient (Wildman–Crippen LogP) is 9.16. The van der Waals surface area contributed by atoms with Crippen LogP contribution in [0.2, 0.25) is 0 Å². The van der Waals surface area contributed by atoms with E-state index in [9.17, 15) is 4.39 Å². The van der Waals surface area contributed by atoms with Gasteiger partial charge in [0.1, 0.15) is 5.82 Å². The number of hydrogen-bond acceptors (Lipinski definition) is 0. The molecule has 3 heteroatoms. The lowest BCUT2D eigenvalue weighted by Crippen LogP contribution is -2.30. The highest BCUT2D eigenvalue weighted by Gasteiger charge is 2.36. The van der Waals surface area contributed by atoms with Crippen LogP contribution in [0.15, 0.2) is 54.6 Å². The molecule has 0 aliphatic heterocycles. The fourth-order valence-corrected chi connectivity index (χ4v) is 6.08. The van der Waals surface area contributed by atoms with E-state index < -0.39 is 11.6 Å². The van der Waals surface area contributed by atoms with E-state index in [0.717, 1.165) is 25.7 Å². The molecule has 176 valence electrons. The topological polar surface area (TPSA) is 0 Å². The van der Waals surface area contributed by atoms with E-state index in [2.05, 4.69) is 19.1 Å². The Balaban J connectivity index is 1.50. The Hall–Kier alpha value is -2.29. The molecular formula is C30H35F3. The minimum Gasteiger partial charge on any atom is -0.207 e. The van der Waals surface area contributed by atoms with E-state index >= 15 is 8.78 Å². The van der Waals surface area contributed by atoms with Gasteiger partial charge >= 0.3 is 0 Å². The number of benzene rings is 2. The Bertz CT molecular complexity index is 1020. The molecule has 2 aliphatic carbocycles. The minimum absolute atomic E-state index is 0.0683. The van der Waals surface area contributed by atoms with Crippen LogP contribution in [0.1, 0.15) is 75.8 Å². The average molecular weight is 453 g/mol. The van der Waals surface area contributed by atoms with Crippen LogP contribution in [0, 0.1) is 35.2 Å². The summed E-state index contributed by atoms with van der Waals surface area (Å²) in [5.41, 5.74) is 1.61. The predicted molar refractivity (Wildman–Crippen MR) is 131 cm³/mol. The van der Waals surface area contributed by atoms with Gasteiger partial charge in [-0.25, -0.2) is 13.2 Å². The maximum atomic E-state index is 15.2. The highest BCUT2D eigenvalue weighted by Crippen LogP contribution is 2.48. The summed E-state index contributed by atoms with van der Waals surface area (Å²) in [6, 6.07) is 8.08. The molecule has 0 saturated heterocycles. The Morgan fingerprint density at radius 3 is 2.39 bits per heavy atom. The van der Waals surface area contributed by atoms with Crippen molar-refractivity contribution < 1.29 is 13.2 Å². The van der Waals surface area contributed by atoms with Crippen molar-refractivity contribution in [3.8, 4) is 11.1 Å². The molecule has 0 nitrogen and oxygen atoms in total. The van der Waals surface area contributed by atoms with Gasteiger partial charge in [0.15, 0.2) is 11.6 Å². The summed E-state index contributed by atoms with van der Waals surface area (Å²) >= 11 is 0. The molecule has 2 fully saturated rings. The van der Waals surface area contributed by atoms with Crippen LogP contribution in [-0.2, 0) is 6.42 Å². The van der Waals surface area contributed by atoms with Crippen molar-refractivity contribution in [3.05, 3.63) is 83.2 Å². The van der Waals surface area contributed by atoms with Gasteiger partial charge in [-0.2, -0.15) is 0 Å². The fourth-order valence-electron chi connectivity index (χ4n) is 6.08. The molecule has 2 aromatic carbocycles. The normalized spacial score (nSPS) is 25.6. The van der Waals surface area contributed by atoms with E-state index in [4.69, 9.17) is 0 Å². The number of fused-ring (bicyclic) bond motifs is 1. The van der Waals surface area contributed by atoms with Gasteiger partial charge in [0, 0.05) is 5.56 Å². The van der Waals surface area contributed by atoms with Gasteiger partial charge in [-0.1, -0.05) is 48.6 Å². The number of hydrogen-bond donors (Lipinski definition) is 0. The first-order chi connectivity index (χ1) is 16.0. The van der Waals surface area contributed by atoms with Crippen LogP contribution in [0.3, 0.4) is 0 Å². The zero-order chi connectivity index (χ0) is 23.4. The van der Waals surface area contributed by atoms with Crippen molar-refractivity contribution in [2.45, 2.75) is 71.1 Å². The van der Waals surface area contributed by atoms with Crippen LogP contribution in [0.5, 0.6) is 0 Å². The van der Waals surface area contributed by atoms with Crippen LogP contribution >= 0.6 is 0 Å². The molecule has 0 N–H and O–H groups in total. The first-order valence-corrected chi connectivity index (χ1v) is 12.5. The summed E-state index contributed by atoms with van der Waals surface area (Å²) in [4.78, 5) is 0. The van der Waals surface area contributed by atoms with E-state index in [1.807, 2.05) is 19.1 Å². The van der Waals surface area contributed by atoms with Crippen molar-refractivity contribution in [1.82, 2.24) is 0 Å². The fraction of sp³-hybridized carbons (Fsp3) is 0.467. The van der Waals surface area contributed by atoms with Gasteiger partial charge in [-0.05, 0) is 112 Å². The lowest BCUT2D eigenvalue weighted by Gasteiger charge is -2.42. The van der Waals surface area contributed by atoms with E-state index in [1.54, 1.807) is 24.3 Å². The first kappa shape index (κ1) is 23.9. The molecule has 0 heterocycles. The third kappa shape index (κ3) is 5.28. The molecule has 4 atom stereocenters. The van der Waals surface area contributed by atoms with Crippen LogP contribution in [0.4, 0.5) is 13.2 Å². The molecule has 2 aliphatic rings. The Labute approximate surface area is 196 Å². The molecule has 0 amide bonds. The summed E-state index contributed by atoms with van der Waals surface area (Å²) in [6.45, 7) is 4.01. The highest BCUT2D eigenvalue weighted by atomic mass is 19.2. The lowest BCUT2D eigenvalue weighted by atomic mass is 9.64. The summed E-state index contributed by atoms with van der Waals surface area (Å²) in [5.74, 6) is 0.0839. The van der Waals surface area contributed by atoms with E-state index in [1.165, 1.54) is 25.3 Å². The largest absolute Gasteiger partial charge is 0.207 e. The van der Waals surface area contributed by atoms with Crippen molar-refractivity contribution in [2.75, 3.05) is 0 Å². The summed E-state index contributed by atoms with van der Waals surface area (Å²) < 4.78 is 44.9. The number of aryl methyl sites for hydroxylation is 1. The van der Waals surface area contributed by atoms with Crippen molar-refractivity contribution in [2.24, 2.45) is 17.8 Å². The summed E-state index contributed by atoms with van der Waals surface area (Å²) in [7, 11) is 0. The molecule has 4 unspecified atom stereocenters. The maximum Gasteiger partial charge on any atom is 0.166 e. The smallest absolute Gasteiger partial charge is 0.166 e. The Morgan fingerprint density at radius 1 is 0.848 bits per heavy atom. The van der Waals surface area contributed by atoms with Gasteiger partial charge in [0.2, 0.25) is 0 Å². The average Bonchev–Trinajstić information content (AvgIpc) is 2.82. The van der Waals surface area contributed by atoms with Gasteiger partial charge in [-0.15, -0.1) is 0 Å². The van der Waals surface area contributed by atoms with Gasteiger partial charge in [-0.3, -0.25) is 0 Å². The number of halogens is 3. The molecule has 0 spiro atoms. The Morgan fingerprint density at radius 2 is 1.64 bits per heavy atom. The SMILES string of the molecule is C/C=C/CCc1ccc(-c2ccc(C3CCC4CC(/C=C/C)CCC4C3)c(F)c2F)cc1F. The molecular weight excluding hydrogens is 417 g/mol. The van der Waals surface area contributed by atoms with Gasteiger partial charge in [0.25, 0.3) is 0 Å². The molecule has 2 aromatic rings. The van der Waals surface area contributed by atoms with Crippen LogP contribution in [-0.4, -0.2) is 0 Å². The number of allylic oxidation sites excluding steroid dienone is 4. The van der Waals surface area contributed by atoms with E-state index in [-0.39, 0.29) is 17.3 Å². The monoisotopic (exact) mass is 452 g/mol. The second kappa shape index (κ2) is 10.8. The van der Waals surface area contributed by atoms with Crippen LogP contribution in [0.25, 0.3) is 11.1 Å². The molecule has 4 rings (SSSR count). The maximum absolute atomic E-state index is 15.2. The molecule has 0 radical (unpaired) electrons. The summed E-state index contributed by atoms with van der Waals surface area (Å²) in [6.07, 6.45) is 16.3. The zero-order valence-electron chi connectivity index (χ0n) is 19.8. The molecule has 0 aromatic heterocycles. The third-order valence-electron chi connectivity index (χ3n) is 7.85. The minimum atomic E-state index is -0.854. The second-order valence-corrected chi connectivity index (χ2v) is 9.87. The standard InChI is InChI=1S/C30H35F3/c1-3-5-6-8-21-11-13-25(19-28(21)31)27-16-15-26(29(32)30(27)33)24-14-12-22-17-20(7-4-2)9-10-23(22)18-24/h3-5,7,11,13,15-16,19-20,22-24H,6,8-10,12,14,17-18H2,1-2H3/b5-3+,7-4+. The molecule has 33 heavy (non-hydrogen) atoms. The Kier molecular flexibility index (Phi) is 7.78. The van der Waals surface area contributed by atoms with Crippen LogP contribution < -0.4 is 0 Å².